The molecule has 0 aliphatic carbocycles. The molecule has 0 radical (unpaired) electrons. The van der Waals surface area contributed by atoms with E-state index in [2.05, 4.69) is 4.85 Å². The van der Waals surface area contributed by atoms with Crippen molar-refractivity contribution >= 4 is 5.69 Å². The minimum Gasteiger partial charge on any atom is -0.519 e. The van der Waals surface area contributed by atoms with Crippen LogP contribution in [0.25, 0.3) is 4.85 Å². The zero-order valence-electron chi connectivity index (χ0n) is 5.00. The van der Waals surface area contributed by atoms with E-state index >= 15 is 0 Å². The van der Waals surface area contributed by atoms with Crippen LogP contribution < -0.4 is 0 Å². The van der Waals surface area contributed by atoms with Gasteiger partial charge in [-0.05, 0) is 18.2 Å². The predicted molar refractivity (Wildman–Crippen MR) is 34.3 cm³/mol. The molecule has 0 unspecified atom stereocenters. The summed E-state index contributed by atoms with van der Waals surface area (Å²) in [6.45, 7) is 6.48. The van der Waals surface area contributed by atoms with Crippen molar-refractivity contribution in [3.05, 3.63) is 35.4 Å². The number of aromatic hydroxyl groups is 1. The van der Waals surface area contributed by atoms with Crippen molar-refractivity contribution in [2.75, 3.05) is 0 Å². The molecule has 0 aliphatic heterocycles. The van der Waals surface area contributed by atoms with E-state index in [0.717, 1.165) is 18.2 Å². The average molecular weight is 137 g/mol. The minimum atomic E-state index is -0.510. The smallest absolute Gasteiger partial charge is 0.230 e. The number of halogens is 1. The van der Waals surface area contributed by atoms with Gasteiger partial charge in [-0.2, -0.15) is 0 Å². The molecule has 1 N–H and O–H groups in total. The number of rotatable bonds is 0. The Morgan fingerprint density at radius 3 is 2.70 bits per heavy atom. The van der Waals surface area contributed by atoms with Gasteiger partial charge < -0.3 is 5.11 Å². The molecule has 0 amide bonds. The van der Waals surface area contributed by atoms with Crippen LogP contribution >= 0.6 is 0 Å². The fraction of sp³-hybridized carbons (Fsp3) is 0. The monoisotopic (exact) mass is 137 g/mol. The van der Waals surface area contributed by atoms with E-state index in [-0.39, 0.29) is 11.4 Å². The lowest BCUT2D eigenvalue weighted by atomic mass is 10.3. The highest BCUT2D eigenvalue weighted by atomic mass is 19.1. The zero-order valence-corrected chi connectivity index (χ0v) is 5.00. The Morgan fingerprint density at radius 1 is 1.50 bits per heavy atom. The summed E-state index contributed by atoms with van der Waals surface area (Å²) in [7, 11) is 0. The predicted octanol–water partition coefficient (Wildman–Crippen LogP) is 2.08. The lowest BCUT2D eigenvalue weighted by Gasteiger charge is -1.92. The molecular formula is C7H4FNO. The molecule has 0 saturated carbocycles. The molecule has 0 aromatic heterocycles. The molecule has 0 heterocycles. The molecule has 10 heavy (non-hydrogen) atoms. The molecule has 3 heteroatoms. The molecule has 50 valence electrons. The number of phenols is 1. The van der Waals surface area contributed by atoms with Crippen molar-refractivity contribution in [1.82, 2.24) is 0 Å². The van der Waals surface area contributed by atoms with Gasteiger partial charge in [-0.15, -0.1) is 0 Å². The Balaban J connectivity index is 3.25. The van der Waals surface area contributed by atoms with Gasteiger partial charge in [0.1, 0.15) is 11.6 Å². The molecule has 0 spiro atoms. The van der Waals surface area contributed by atoms with Gasteiger partial charge in [-0.1, -0.05) is 0 Å². The third-order valence-corrected chi connectivity index (χ3v) is 1.06. The maximum absolute atomic E-state index is 12.3. The molecule has 0 fully saturated rings. The van der Waals surface area contributed by atoms with Gasteiger partial charge in [0.2, 0.25) is 5.69 Å². The first-order valence-electron chi connectivity index (χ1n) is 2.60. The van der Waals surface area contributed by atoms with E-state index in [9.17, 15) is 4.39 Å². The zero-order chi connectivity index (χ0) is 7.56. The second-order valence-electron chi connectivity index (χ2n) is 1.74. The number of hydrogen-bond acceptors (Lipinski definition) is 1. The summed E-state index contributed by atoms with van der Waals surface area (Å²) in [5.41, 5.74) is -0.0556. The Morgan fingerprint density at radius 2 is 2.20 bits per heavy atom. The van der Waals surface area contributed by atoms with Crippen molar-refractivity contribution in [2.24, 2.45) is 0 Å². The molecule has 0 atom stereocenters. The van der Waals surface area contributed by atoms with Crippen molar-refractivity contribution < 1.29 is 9.50 Å². The second-order valence-corrected chi connectivity index (χ2v) is 1.74. The summed E-state index contributed by atoms with van der Waals surface area (Å²) < 4.78 is 12.3. The summed E-state index contributed by atoms with van der Waals surface area (Å²) >= 11 is 0. The van der Waals surface area contributed by atoms with Gasteiger partial charge in [0, 0.05) is 0 Å². The molecule has 1 aromatic carbocycles. The fourth-order valence-corrected chi connectivity index (χ4v) is 0.586. The van der Waals surface area contributed by atoms with Crippen LogP contribution in [0.3, 0.4) is 0 Å². The Bertz CT molecular complexity index is 290. The largest absolute Gasteiger partial charge is 0.519 e. The number of hydrogen-bond donors (Lipinski definition) is 1. The highest BCUT2D eigenvalue weighted by Gasteiger charge is 1.99. The molecular weight excluding hydrogens is 133 g/mol. The van der Waals surface area contributed by atoms with Crippen molar-refractivity contribution in [3.8, 4) is 5.75 Å². The van der Waals surface area contributed by atoms with Crippen molar-refractivity contribution in [2.45, 2.75) is 0 Å². The highest BCUT2D eigenvalue weighted by molar-refractivity contribution is 5.56. The van der Waals surface area contributed by atoms with Crippen LogP contribution in [0.5, 0.6) is 5.75 Å². The SMILES string of the molecule is [C-]#[N+]c1cc(F)ccc1O. The minimum absolute atomic E-state index is 0.0556. The van der Waals surface area contributed by atoms with E-state index in [1.165, 1.54) is 0 Å². The number of phenolic OH excluding ortho intramolecular Hbond substituents is 1. The van der Waals surface area contributed by atoms with Gasteiger partial charge in [-0.3, -0.25) is 0 Å². The highest BCUT2D eigenvalue weighted by Crippen LogP contribution is 2.25. The molecule has 2 nitrogen and oxygen atoms in total. The topological polar surface area (TPSA) is 24.6 Å². The maximum Gasteiger partial charge on any atom is 0.230 e. The van der Waals surface area contributed by atoms with Gasteiger partial charge >= 0.3 is 0 Å². The summed E-state index contributed by atoms with van der Waals surface area (Å²) in [5.74, 6) is -0.694. The van der Waals surface area contributed by atoms with Crippen LogP contribution in [-0.4, -0.2) is 5.11 Å². The fourth-order valence-electron chi connectivity index (χ4n) is 0.586. The second kappa shape index (κ2) is 2.36. The van der Waals surface area contributed by atoms with Crippen molar-refractivity contribution in [3.63, 3.8) is 0 Å². The third kappa shape index (κ3) is 1.06. The molecule has 0 aliphatic rings. The first-order chi connectivity index (χ1) is 4.74. The summed E-state index contributed by atoms with van der Waals surface area (Å²) in [6, 6.07) is 3.25. The summed E-state index contributed by atoms with van der Waals surface area (Å²) in [4.78, 5) is 2.89. The van der Waals surface area contributed by atoms with Crippen LogP contribution in [0, 0.1) is 12.4 Å². The molecule has 1 aromatic rings. The Kier molecular flexibility index (Phi) is 1.55. The third-order valence-electron chi connectivity index (χ3n) is 1.06. The lowest BCUT2D eigenvalue weighted by Crippen LogP contribution is -1.70. The standard InChI is InChI=1S/C7H4FNO/c1-9-6-4-5(8)2-3-7(6)10/h2-4,10H. The quantitative estimate of drug-likeness (QED) is 0.544. The molecule has 0 bridgehead atoms. The molecule has 1 rings (SSSR count). The van der Waals surface area contributed by atoms with E-state index < -0.39 is 5.82 Å². The van der Waals surface area contributed by atoms with Crippen molar-refractivity contribution in [1.29, 1.82) is 0 Å². The summed E-state index contributed by atoms with van der Waals surface area (Å²) in [5, 5.41) is 8.85. The van der Waals surface area contributed by atoms with Crippen LogP contribution in [0.4, 0.5) is 10.1 Å². The van der Waals surface area contributed by atoms with Crippen LogP contribution in [0.2, 0.25) is 0 Å². The van der Waals surface area contributed by atoms with E-state index in [1.807, 2.05) is 0 Å². The van der Waals surface area contributed by atoms with Gasteiger partial charge in [0.05, 0.1) is 6.57 Å². The van der Waals surface area contributed by atoms with Crippen LogP contribution in [-0.2, 0) is 0 Å². The van der Waals surface area contributed by atoms with E-state index in [1.54, 1.807) is 0 Å². The first-order valence-corrected chi connectivity index (χ1v) is 2.60. The van der Waals surface area contributed by atoms with Gasteiger partial charge in [0.25, 0.3) is 0 Å². The average Bonchev–Trinajstić information content (AvgIpc) is 1.94. The van der Waals surface area contributed by atoms with E-state index in [0.29, 0.717) is 0 Å². The van der Waals surface area contributed by atoms with Gasteiger partial charge in [0.15, 0.2) is 0 Å². The van der Waals surface area contributed by atoms with E-state index in [4.69, 9.17) is 11.7 Å². The first kappa shape index (κ1) is 6.56. The summed E-state index contributed by atoms with van der Waals surface area (Å²) in [6.07, 6.45) is 0. The Labute approximate surface area is 57.4 Å². The number of benzene rings is 1. The lowest BCUT2D eigenvalue weighted by molar-refractivity contribution is 0.476. The normalized spacial score (nSPS) is 8.80. The molecule has 0 saturated heterocycles. The maximum atomic E-state index is 12.3. The number of nitrogens with zero attached hydrogens (tertiary/aromatic N) is 1. The van der Waals surface area contributed by atoms with Gasteiger partial charge in [-0.25, -0.2) is 9.24 Å². The van der Waals surface area contributed by atoms with Crippen LogP contribution in [0.15, 0.2) is 18.2 Å². The van der Waals surface area contributed by atoms with Crippen LogP contribution in [0.1, 0.15) is 0 Å². The Hall–Kier alpha value is -1.56.